The van der Waals surface area contributed by atoms with Crippen molar-refractivity contribution in [2.75, 3.05) is 31.1 Å². The third-order valence-corrected chi connectivity index (χ3v) is 4.71. The molecule has 0 bridgehead atoms. The molecule has 0 spiro atoms. The first-order chi connectivity index (χ1) is 9.04. The topological polar surface area (TPSA) is 28.2 Å². The lowest BCUT2D eigenvalue weighted by Crippen LogP contribution is -2.43. The summed E-state index contributed by atoms with van der Waals surface area (Å²) in [6, 6.07) is 6.68. The van der Waals surface area contributed by atoms with E-state index in [1.54, 1.807) is 0 Å². The Bertz CT molecular complexity index is 577. The summed E-state index contributed by atoms with van der Waals surface area (Å²) in [5, 5.41) is 4.55. The first kappa shape index (κ1) is 12.9. The highest BCUT2D eigenvalue weighted by Gasteiger charge is 2.17. The van der Waals surface area contributed by atoms with Gasteiger partial charge in [-0.05, 0) is 23.1 Å². The van der Waals surface area contributed by atoms with Gasteiger partial charge in [-0.25, -0.2) is 4.98 Å². The summed E-state index contributed by atoms with van der Waals surface area (Å²) in [5.41, 5.74) is 2.72. The van der Waals surface area contributed by atoms with Crippen LogP contribution in [0.1, 0.15) is 26.3 Å². The van der Waals surface area contributed by atoms with E-state index >= 15 is 0 Å². The molecule has 3 nitrogen and oxygen atoms in total. The van der Waals surface area contributed by atoms with Crippen molar-refractivity contribution in [1.82, 2.24) is 10.3 Å². The summed E-state index contributed by atoms with van der Waals surface area (Å²) in [5.74, 6) is 0. The Balaban J connectivity index is 1.96. The molecule has 0 radical (unpaired) electrons. The fourth-order valence-electron chi connectivity index (χ4n) is 2.37. The third-order valence-electron chi connectivity index (χ3n) is 3.63. The zero-order valence-corrected chi connectivity index (χ0v) is 12.7. The number of nitrogens with one attached hydrogen (secondary N) is 1. The molecule has 1 aliphatic heterocycles. The Labute approximate surface area is 118 Å². The van der Waals surface area contributed by atoms with E-state index in [1.807, 2.05) is 11.3 Å². The highest BCUT2D eigenvalue weighted by Crippen LogP contribution is 2.32. The van der Waals surface area contributed by atoms with Gasteiger partial charge in [0.05, 0.1) is 10.2 Å². The first-order valence-corrected chi connectivity index (χ1v) is 7.72. The molecule has 1 aliphatic rings. The molecular weight excluding hydrogens is 254 g/mol. The molecule has 102 valence electrons. The minimum Gasteiger partial charge on any atom is -0.346 e. The lowest BCUT2D eigenvalue weighted by molar-refractivity contribution is 0.588. The molecule has 0 unspecified atom stereocenters. The van der Waals surface area contributed by atoms with Crippen LogP contribution in [-0.4, -0.2) is 31.2 Å². The van der Waals surface area contributed by atoms with Gasteiger partial charge in [-0.15, -0.1) is 0 Å². The van der Waals surface area contributed by atoms with E-state index in [-0.39, 0.29) is 5.41 Å². The van der Waals surface area contributed by atoms with E-state index in [0.717, 1.165) is 31.7 Å². The van der Waals surface area contributed by atoms with Gasteiger partial charge in [-0.3, -0.25) is 0 Å². The van der Waals surface area contributed by atoms with Crippen LogP contribution in [-0.2, 0) is 5.41 Å². The van der Waals surface area contributed by atoms with Gasteiger partial charge < -0.3 is 10.2 Å². The quantitative estimate of drug-likeness (QED) is 0.867. The lowest BCUT2D eigenvalue weighted by Gasteiger charge is -2.26. The number of hydrogen-bond acceptors (Lipinski definition) is 4. The maximum Gasteiger partial charge on any atom is 0.186 e. The highest BCUT2D eigenvalue weighted by atomic mass is 32.1. The van der Waals surface area contributed by atoms with Gasteiger partial charge in [0.2, 0.25) is 0 Å². The van der Waals surface area contributed by atoms with E-state index in [9.17, 15) is 0 Å². The van der Waals surface area contributed by atoms with Crippen molar-refractivity contribution in [3.63, 3.8) is 0 Å². The molecule has 1 N–H and O–H groups in total. The van der Waals surface area contributed by atoms with Crippen LogP contribution in [0.15, 0.2) is 18.2 Å². The summed E-state index contributed by atoms with van der Waals surface area (Å²) in [6.07, 6.45) is 0. The fraction of sp³-hybridized carbons (Fsp3) is 0.533. The summed E-state index contributed by atoms with van der Waals surface area (Å²) < 4.78 is 1.31. The highest BCUT2D eigenvalue weighted by molar-refractivity contribution is 7.22. The van der Waals surface area contributed by atoms with Crippen LogP contribution in [0.3, 0.4) is 0 Å². The number of thiazole rings is 1. The van der Waals surface area contributed by atoms with Gasteiger partial charge in [0.15, 0.2) is 5.13 Å². The van der Waals surface area contributed by atoms with Gasteiger partial charge in [0, 0.05) is 26.2 Å². The number of benzene rings is 1. The van der Waals surface area contributed by atoms with Crippen LogP contribution >= 0.6 is 11.3 Å². The fourth-order valence-corrected chi connectivity index (χ4v) is 3.43. The Morgan fingerprint density at radius 3 is 2.63 bits per heavy atom. The number of rotatable bonds is 1. The van der Waals surface area contributed by atoms with Gasteiger partial charge in [-0.1, -0.05) is 38.2 Å². The van der Waals surface area contributed by atoms with Crippen molar-refractivity contribution in [3.8, 4) is 0 Å². The number of piperazine rings is 1. The SMILES string of the molecule is CC(C)(C)c1ccc2nc(N3CCNCC3)sc2c1. The molecule has 2 aromatic rings. The van der Waals surface area contributed by atoms with Crippen molar-refractivity contribution < 1.29 is 0 Å². The molecule has 0 saturated carbocycles. The molecule has 19 heavy (non-hydrogen) atoms. The minimum atomic E-state index is 0.202. The third kappa shape index (κ3) is 2.60. The number of fused-ring (bicyclic) bond motifs is 1. The van der Waals surface area contributed by atoms with Crippen LogP contribution in [0, 0.1) is 0 Å². The van der Waals surface area contributed by atoms with Crippen LogP contribution in [0.5, 0.6) is 0 Å². The summed E-state index contributed by atoms with van der Waals surface area (Å²) in [7, 11) is 0. The van der Waals surface area contributed by atoms with Gasteiger partial charge in [-0.2, -0.15) is 0 Å². The van der Waals surface area contributed by atoms with Crippen molar-refractivity contribution in [1.29, 1.82) is 0 Å². The van der Waals surface area contributed by atoms with Crippen LogP contribution in [0.2, 0.25) is 0 Å². The molecular formula is C15H21N3S. The maximum atomic E-state index is 4.78. The van der Waals surface area contributed by atoms with Gasteiger partial charge >= 0.3 is 0 Å². The van der Waals surface area contributed by atoms with E-state index in [0.29, 0.717) is 0 Å². The average Bonchev–Trinajstić information content (AvgIpc) is 2.81. The number of anilines is 1. The summed E-state index contributed by atoms with van der Waals surface area (Å²) in [6.45, 7) is 11.0. The Morgan fingerprint density at radius 2 is 1.95 bits per heavy atom. The predicted molar refractivity (Wildman–Crippen MR) is 83.4 cm³/mol. The van der Waals surface area contributed by atoms with E-state index in [1.165, 1.54) is 15.4 Å². The first-order valence-electron chi connectivity index (χ1n) is 6.91. The van der Waals surface area contributed by atoms with Crippen molar-refractivity contribution >= 4 is 26.7 Å². The van der Waals surface area contributed by atoms with Crippen molar-refractivity contribution in [2.24, 2.45) is 0 Å². The zero-order valence-electron chi connectivity index (χ0n) is 11.9. The second kappa shape index (κ2) is 4.76. The normalized spacial score (nSPS) is 17.1. The molecule has 1 fully saturated rings. The molecule has 0 atom stereocenters. The average molecular weight is 275 g/mol. The smallest absolute Gasteiger partial charge is 0.186 e. The molecule has 3 rings (SSSR count). The van der Waals surface area contributed by atoms with E-state index in [4.69, 9.17) is 4.98 Å². The molecule has 4 heteroatoms. The standard InChI is InChI=1S/C15H21N3S/c1-15(2,3)11-4-5-12-13(10-11)19-14(17-12)18-8-6-16-7-9-18/h4-5,10,16H,6-9H2,1-3H3. The van der Waals surface area contributed by atoms with E-state index < -0.39 is 0 Å². The summed E-state index contributed by atoms with van der Waals surface area (Å²) >= 11 is 1.82. The lowest BCUT2D eigenvalue weighted by atomic mass is 9.87. The van der Waals surface area contributed by atoms with Gasteiger partial charge in [0.25, 0.3) is 0 Å². The Hall–Kier alpha value is -1.13. The number of hydrogen-bond donors (Lipinski definition) is 1. The number of aromatic nitrogens is 1. The number of nitrogens with zero attached hydrogens (tertiary/aromatic N) is 2. The molecule has 0 amide bonds. The molecule has 1 aromatic carbocycles. The Morgan fingerprint density at radius 1 is 1.21 bits per heavy atom. The molecule has 0 aliphatic carbocycles. The monoisotopic (exact) mass is 275 g/mol. The maximum absolute atomic E-state index is 4.78. The van der Waals surface area contributed by atoms with Crippen LogP contribution < -0.4 is 10.2 Å². The summed E-state index contributed by atoms with van der Waals surface area (Å²) in [4.78, 5) is 7.16. The van der Waals surface area contributed by atoms with Crippen molar-refractivity contribution in [2.45, 2.75) is 26.2 Å². The molecule has 1 aromatic heterocycles. The van der Waals surface area contributed by atoms with E-state index in [2.05, 4.69) is 49.2 Å². The van der Waals surface area contributed by atoms with Crippen molar-refractivity contribution in [3.05, 3.63) is 23.8 Å². The molecule has 1 saturated heterocycles. The largest absolute Gasteiger partial charge is 0.346 e. The van der Waals surface area contributed by atoms with Crippen LogP contribution in [0.4, 0.5) is 5.13 Å². The van der Waals surface area contributed by atoms with Crippen LogP contribution in [0.25, 0.3) is 10.2 Å². The van der Waals surface area contributed by atoms with Gasteiger partial charge in [0.1, 0.15) is 0 Å². The zero-order chi connectivity index (χ0) is 13.5. The molecule has 2 heterocycles. The second-order valence-corrected chi connectivity index (χ2v) is 7.18. The predicted octanol–water partition coefficient (Wildman–Crippen LogP) is 3.00. The minimum absolute atomic E-state index is 0.202. The Kier molecular flexibility index (Phi) is 3.23. The second-order valence-electron chi connectivity index (χ2n) is 6.17.